The lowest BCUT2D eigenvalue weighted by Gasteiger charge is -2.15. The normalized spacial score (nSPS) is 13.0. The van der Waals surface area contributed by atoms with Crippen LogP contribution in [0.2, 0.25) is 0 Å². The van der Waals surface area contributed by atoms with Crippen LogP contribution in [0.5, 0.6) is 0 Å². The molecule has 1 nitrogen and oxygen atoms in total. The lowest BCUT2D eigenvalue weighted by Crippen LogP contribution is -2.19. The topological polar surface area (TPSA) is 12.0 Å². The zero-order valence-corrected chi connectivity index (χ0v) is 11.5. The quantitative estimate of drug-likeness (QED) is 0.709. The molecule has 23 heavy (non-hydrogen) atoms. The van der Waals surface area contributed by atoms with Crippen molar-refractivity contribution in [3.63, 3.8) is 0 Å². The number of allylic oxidation sites excluding steroid dienone is 1. The summed E-state index contributed by atoms with van der Waals surface area (Å²) in [5, 5.41) is 2.11. The first-order valence-electron chi connectivity index (χ1n) is 6.44. The van der Waals surface area contributed by atoms with Crippen molar-refractivity contribution in [1.29, 1.82) is 0 Å². The van der Waals surface area contributed by atoms with Crippen LogP contribution in [0.25, 0.3) is 6.08 Å². The van der Waals surface area contributed by atoms with Crippen LogP contribution in [-0.2, 0) is 6.18 Å². The van der Waals surface area contributed by atoms with Gasteiger partial charge in [-0.3, -0.25) is 0 Å². The highest BCUT2D eigenvalue weighted by molar-refractivity contribution is 5.61. The molecule has 0 saturated carbocycles. The van der Waals surface area contributed by atoms with Crippen molar-refractivity contribution in [2.75, 3.05) is 5.32 Å². The van der Waals surface area contributed by atoms with E-state index in [0.29, 0.717) is 5.56 Å². The Hall–Kier alpha value is -2.44. The predicted molar refractivity (Wildman–Crippen MR) is 75.5 cm³/mol. The molecule has 0 aliphatic carbocycles. The van der Waals surface area contributed by atoms with Crippen LogP contribution in [-0.4, -0.2) is 6.18 Å². The molecule has 7 heteroatoms. The number of nitrogens with one attached hydrogen (secondary N) is 1. The highest BCUT2D eigenvalue weighted by Crippen LogP contribution is 2.32. The Balaban J connectivity index is 2.27. The predicted octanol–water partition coefficient (Wildman–Crippen LogP) is 5.72. The van der Waals surface area contributed by atoms with Crippen molar-refractivity contribution >= 4 is 11.8 Å². The summed E-state index contributed by atoms with van der Waals surface area (Å²) in [5.74, 6) is 0. The van der Waals surface area contributed by atoms with Crippen LogP contribution in [0.1, 0.15) is 11.1 Å². The van der Waals surface area contributed by atoms with Gasteiger partial charge in [0.15, 0.2) is 0 Å². The average Bonchev–Trinajstić information content (AvgIpc) is 2.46. The zero-order chi connectivity index (χ0) is 17.1. The molecular weight excluding hydrogens is 320 g/mol. The molecule has 2 aromatic carbocycles. The highest BCUT2D eigenvalue weighted by atomic mass is 19.4. The Morgan fingerprint density at radius 3 is 1.83 bits per heavy atom. The van der Waals surface area contributed by atoms with Crippen LogP contribution in [0.4, 0.5) is 32.0 Å². The molecule has 2 aromatic rings. The molecule has 0 unspecified atom stereocenters. The molecule has 0 radical (unpaired) electrons. The molecule has 0 aromatic heterocycles. The maximum Gasteiger partial charge on any atom is 0.431 e. The van der Waals surface area contributed by atoms with Gasteiger partial charge in [0.25, 0.3) is 0 Å². The van der Waals surface area contributed by atoms with Gasteiger partial charge in [0.1, 0.15) is 5.70 Å². The van der Waals surface area contributed by atoms with Gasteiger partial charge in [-0.25, -0.2) is 0 Å². The average molecular weight is 331 g/mol. The van der Waals surface area contributed by atoms with E-state index in [-0.39, 0.29) is 5.69 Å². The summed E-state index contributed by atoms with van der Waals surface area (Å²) in [4.78, 5) is 0. The number of alkyl halides is 6. The summed E-state index contributed by atoms with van der Waals surface area (Å²) in [5.41, 5.74) is -1.76. The van der Waals surface area contributed by atoms with Crippen LogP contribution in [0, 0.1) is 0 Å². The van der Waals surface area contributed by atoms with Gasteiger partial charge < -0.3 is 5.32 Å². The number of rotatable bonds is 3. The molecule has 122 valence electrons. The number of benzene rings is 2. The van der Waals surface area contributed by atoms with Crippen LogP contribution in [0.15, 0.2) is 60.3 Å². The van der Waals surface area contributed by atoms with Crippen LogP contribution < -0.4 is 5.32 Å². The van der Waals surface area contributed by atoms with E-state index in [2.05, 4.69) is 5.32 Å². The van der Waals surface area contributed by atoms with Crippen molar-refractivity contribution in [2.24, 2.45) is 0 Å². The van der Waals surface area contributed by atoms with Gasteiger partial charge in [-0.15, -0.1) is 0 Å². The summed E-state index contributed by atoms with van der Waals surface area (Å²) in [7, 11) is 0. The van der Waals surface area contributed by atoms with Gasteiger partial charge in [0.05, 0.1) is 5.56 Å². The SMILES string of the molecule is FC(F)(F)/C(=C\c1ccccc1)Nc1ccc(C(F)(F)F)cc1. The molecule has 0 aliphatic heterocycles. The van der Waals surface area contributed by atoms with Gasteiger partial charge in [0.2, 0.25) is 0 Å². The molecule has 0 saturated heterocycles. The first-order valence-corrected chi connectivity index (χ1v) is 6.44. The molecule has 0 atom stereocenters. The van der Waals surface area contributed by atoms with Gasteiger partial charge in [-0.05, 0) is 35.9 Å². The van der Waals surface area contributed by atoms with Gasteiger partial charge in [-0.2, -0.15) is 26.3 Å². The van der Waals surface area contributed by atoms with E-state index in [1.54, 1.807) is 18.2 Å². The van der Waals surface area contributed by atoms with Crippen molar-refractivity contribution in [2.45, 2.75) is 12.4 Å². The molecule has 1 N–H and O–H groups in total. The Kier molecular flexibility index (Phi) is 4.68. The summed E-state index contributed by atoms with van der Waals surface area (Å²) >= 11 is 0. The largest absolute Gasteiger partial charge is 0.431 e. The summed E-state index contributed by atoms with van der Waals surface area (Å²) in [6.07, 6.45) is -8.32. The molecule has 0 amide bonds. The van der Waals surface area contributed by atoms with Gasteiger partial charge >= 0.3 is 12.4 Å². The highest BCUT2D eigenvalue weighted by Gasteiger charge is 2.34. The standard InChI is InChI=1S/C16H11F6N/c17-15(18,19)12-6-8-13(9-7-12)23-14(16(20,21)22)10-11-4-2-1-3-5-11/h1-10,23H/b14-10+. The fourth-order valence-electron chi connectivity index (χ4n) is 1.80. The lowest BCUT2D eigenvalue weighted by molar-refractivity contribution is -0.137. The second-order valence-corrected chi connectivity index (χ2v) is 4.67. The minimum absolute atomic E-state index is 0.0856. The molecule has 0 heterocycles. The monoisotopic (exact) mass is 331 g/mol. The number of anilines is 1. The molecule has 2 rings (SSSR count). The van der Waals surface area contributed by atoms with Crippen molar-refractivity contribution in [1.82, 2.24) is 0 Å². The summed E-state index contributed by atoms with van der Waals surface area (Å²) in [6, 6.07) is 11.1. The number of hydrogen-bond donors (Lipinski definition) is 1. The molecule has 0 spiro atoms. The fraction of sp³-hybridized carbons (Fsp3) is 0.125. The summed E-state index contributed by atoms with van der Waals surface area (Å²) in [6.45, 7) is 0. The zero-order valence-electron chi connectivity index (χ0n) is 11.5. The molecule has 0 aliphatic rings. The smallest absolute Gasteiger partial charge is 0.352 e. The third-order valence-corrected chi connectivity index (χ3v) is 2.91. The van der Waals surface area contributed by atoms with Gasteiger partial charge in [0, 0.05) is 5.69 Å². The number of halogens is 6. The van der Waals surface area contributed by atoms with Crippen LogP contribution >= 0.6 is 0 Å². The molecule has 0 bridgehead atoms. The summed E-state index contributed by atoms with van der Waals surface area (Å²) < 4.78 is 76.5. The van der Waals surface area contributed by atoms with Crippen molar-refractivity contribution in [3.05, 3.63) is 71.4 Å². The van der Waals surface area contributed by atoms with Crippen molar-refractivity contribution < 1.29 is 26.3 Å². The van der Waals surface area contributed by atoms with Crippen LogP contribution in [0.3, 0.4) is 0 Å². The minimum Gasteiger partial charge on any atom is -0.352 e. The van der Waals surface area contributed by atoms with E-state index in [1.807, 2.05) is 0 Å². The van der Waals surface area contributed by atoms with E-state index < -0.39 is 23.6 Å². The van der Waals surface area contributed by atoms with E-state index in [4.69, 9.17) is 0 Å². The maximum absolute atomic E-state index is 13.0. The third-order valence-electron chi connectivity index (χ3n) is 2.91. The minimum atomic E-state index is -4.67. The van der Waals surface area contributed by atoms with E-state index in [9.17, 15) is 26.3 Å². The Morgan fingerprint density at radius 1 is 0.783 bits per heavy atom. The Labute approximate surface area is 128 Å². The Morgan fingerprint density at radius 2 is 1.35 bits per heavy atom. The first-order chi connectivity index (χ1) is 10.7. The second-order valence-electron chi connectivity index (χ2n) is 4.67. The second kappa shape index (κ2) is 6.36. The Bertz CT molecular complexity index is 668. The molecular formula is C16H11F6N. The van der Waals surface area contributed by atoms with E-state index in [1.165, 1.54) is 12.1 Å². The van der Waals surface area contributed by atoms with Crippen molar-refractivity contribution in [3.8, 4) is 0 Å². The first kappa shape index (κ1) is 16.9. The van der Waals surface area contributed by atoms with E-state index in [0.717, 1.165) is 30.3 Å². The lowest BCUT2D eigenvalue weighted by atomic mass is 10.1. The fourth-order valence-corrected chi connectivity index (χ4v) is 1.80. The van der Waals surface area contributed by atoms with E-state index >= 15 is 0 Å². The van der Waals surface area contributed by atoms with Gasteiger partial charge in [-0.1, -0.05) is 30.3 Å². The third kappa shape index (κ3) is 4.77. The maximum atomic E-state index is 13.0. The number of hydrogen-bond acceptors (Lipinski definition) is 1. The molecule has 0 fully saturated rings.